The highest BCUT2D eigenvalue weighted by molar-refractivity contribution is 5.75. The van der Waals surface area contributed by atoms with Gasteiger partial charge in [0.2, 0.25) is 5.91 Å². The van der Waals surface area contributed by atoms with Gasteiger partial charge in [-0.1, -0.05) is 41.6 Å². The van der Waals surface area contributed by atoms with Crippen molar-refractivity contribution in [3.8, 4) is 17.0 Å². The molecule has 7 nitrogen and oxygen atoms in total. The van der Waals surface area contributed by atoms with Crippen molar-refractivity contribution in [1.29, 1.82) is 0 Å². The lowest BCUT2D eigenvalue weighted by atomic mass is 9.96. The van der Waals surface area contributed by atoms with Crippen molar-refractivity contribution in [2.45, 2.75) is 26.0 Å². The van der Waals surface area contributed by atoms with E-state index in [1.54, 1.807) is 20.0 Å². The maximum absolute atomic E-state index is 12.1. The molecule has 0 aliphatic carbocycles. The second-order valence-corrected chi connectivity index (χ2v) is 6.95. The molecule has 0 aliphatic rings. The Morgan fingerprint density at radius 3 is 2.71 bits per heavy atom. The van der Waals surface area contributed by atoms with Crippen molar-refractivity contribution < 1.29 is 14.6 Å². The number of amides is 1. The lowest BCUT2D eigenvalue weighted by molar-refractivity contribution is -0.121. The minimum absolute atomic E-state index is 0.0729. The molecular weight excluding hydrogens is 356 g/mol. The molecule has 1 aromatic heterocycles. The van der Waals surface area contributed by atoms with Gasteiger partial charge in [0.1, 0.15) is 24.6 Å². The highest BCUT2D eigenvalue weighted by Gasteiger charge is 2.17. The van der Waals surface area contributed by atoms with E-state index < -0.39 is 5.60 Å². The first-order chi connectivity index (χ1) is 13.4. The van der Waals surface area contributed by atoms with E-state index in [1.165, 1.54) is 4.68 Å². The monoisotopic (exact) mass is 380 g/mol. The number of hydrogen-bond donors (Lipinski definition) is 2. The molecule has 0 spiro atoms. The summed E-state index contributed by atoms with van der Waals surface area (Å²) in [5.74, 6) is 0.601. The molecule has 3 aromatic rings. The summed E-state index contributed by atoms with van der Waals surface area (Å²) in [7, 11) is 0. The Kier molecular flexibility index (Phi) is 6.06. The summed E-state index contributed by atoms with van der Waals surface area (Å²) in [5.41, 5.74) is 1.33. The van der Waals surface area contributed by atoms with Crippen molar-refractivity contribution in [3.63, 3.8) is 0 Å². The number of hydrogen-bond acceptors (Lipinski definition) is 5. The summed E-state index contributed by atoms with van der Waals surface area (Å²) in [6, 6.07) is 16.9. The fourth-order valence-electron chi connectivity index (χ4n) is 2.65. The zero-order chi connectivity index (χ0) is 20.0. The molecular formula is C21H24N4O3. The first-order valence-corrected chi connectivity index (χ1v) is 9.10. The van der Waals surface area contributed by atoms with Gasteiger partial charge in [-0.25, -0.2) is 4.68 Å². The molecule has 2 aromatic carbocycles. The topological polar surface area (TPSA) is 89.3 Å². The van der Waals surface area contributed by atoms with E-state index in [0.29, 0.717) is 18.8 Å². The van der Waals surface area contributed by atoms with Crippen LogP contribution < -0.4 is 10.1 Å². The van der Waals surface area contributed by atoms with Crippen LogP contribution >= 0.6 is 0 Å². The Hall–Kier alpha value is -3.19. The van der Waals surface area contributed by atoms with Crippen LogP contribution in [0.2, 0.25) is 0 Å². The largest absolute Gasteiger partial charge is 0.492 e. The predicted molar refractivity (Wildman–Crippen MR) is 106 cm³/mol. The number of nitrogens with zero attached hydrogens (tertiary/aromatic N) is 3. The second kappa shape index (κ2) is 8.67. The molecule has 0 bridgehead atoms. The van der Waals surface area contributed by atoms with Crippen molar-refractivity contribution in [2.24, 2.45) is 0 Å². The summed E-state index contributed by atoms with van der Waals surface area (Å²) in [6.45, 7) is 4.33. The number of carbonyl (C=O) groups excluding carboxylic acids is 1. The predicted octanol–water partition coefficient (Wildman–Crippen LogP) is 2.37. The van der Waals surface area contributed by atoms with Crippen LogP contribution in [0.1, 0.15) is 19.4 Å². The number of rotatable bonds is 8. The molecule has 0 saturated heterocycles. The smallest absolute Gasteiger partial charge is 0.241 e. The quantitative estimate of drug-likeness (QED) is 0.586. The van der Waals surface area contributed by atoms with Crippen LogP contribution in [0.5, 0.6) is 5.75 Å². The molecule has 1 heterocycles. The van der Waals surface area contributed by atoms with Crippen molar-refractivity contribution >= 4 is 5.91 Å². The number of para-hydroxylation sites is 1. The number of carbonyl (C=O) groups is 1. The zero-order valence-electron chi connectivity index (χ0n) is 16.0. The molecule has 1 amide bonds. The zero-order valence-corrected chi connectivity index (χ0v) is 16.0. The average Bonchev–Trinajstić information content (AvgIpc) is 3.14. The van der Waals surface area contributed by atoms with E-state index in [1.807, 2.05) is 54.6 Å². The molecule has 0 fully saturated rings. The van der Waals surface area contributed by atoms with Crippen LogP contribution in [0.25, 0.3) is 11.3 Å². The van der Waals surface area contributed by atoms with E-state index in [2.05, 4.69) is 15.6 Å². The summed E-state index contributed by atoms with van der Waals surface area (Å²) in [5, 5.41) is 21.1. The van der Waals surface area contributed by atoms with Gasteiger partial charge in [-0.3, -0.25) is 4.79 Å². The first kappa shape index (κ1) is 19.6. The van der Waals surface area contributed by atoms with Crippen LogP contribution in [0.15, 0.2) is 60.8 Å². The maximum atomic E-state index is 12.1. The summed E-state index contributed by atoms with van der Waals surface area (Å²) in [6.07, 6.45) is 1.71. The molecule has 0 aliphatic heterocycles. The third kappa shape index (κ3) is 5.40. The van der Waals surface area contributed by atoms with Crippen LogP contribution in [0, 0.1) is 0 Å². The molecule has 2 N–H and O–H groups in total. The fourth-order valence-corrected chi connectivity index (χ4v) is 2.65. The van der Waals surface area contributed by atoms with Gasteiger partial charge in [0.05, 0.1) is 18.3 Å². The van der Waals surface area contributed by atoms with E-state index in [9.17, 15) is 9.90 Å². The summed E-state index contributed by atoms with van der Waals surface area (Å²) >= 11 is 0. The molecule has 0 unspecified atom stereocenters. The molecule has 146 valence electrons. The van der Waals surface area contributed by atoms with Gasteiger partial charge in [0.25, 0.3) is 0 Å². The second-order valence-electron chi connectivity index (χ2n) is 6.95. The SMILES string of the molecule is CC(C)(O)c1cccc(-c2cn(CC(=O)NCCOc3ccccc3)nn2)c1. The molecule has 0 saturated carbocycles. The number of aromatic nitrogens is 3. The van der Waals surface area contributed by atoms with Gasteiger partial charge in [0.15, 0.2) is 0 Å². The Balaban J connectivity index is 1.51. The van der Waals surface area contributed by atoms with Gasteiger partial charge in [0, 0.05) is 5.56 Å². The lowest BCUT2D eigenvalue weighted by Crippen LogP contribution is -2.31. The first-order valence-electron chi connectivity index (χ1n) is 9.10. The minimum Gasteiger partial charge on any atom is -0.492 e. The number of benzene rings is 2. The van der Waals surface area contributed by atoms with E-state index in [0.717, 1.165) is 16.9 Å². The molecule has 3 rings (SSSR count). The molecule has 0 radical (unpaired) electrons. The molecule has 0 atom stereocenters. The highest BCUT2D eigenvalue weighted by atomic mass is 16.5. The van der Waals surface area contributed by atoms with E-state index in [-0.39, 0.29) is 12.5 Å². The lowest BCUT2D eigenvalue weighted by Gasteiger charge is -2.18. The number of nitrogens with one attached hydrogen (secondary N) is 1. The van der Waals surface area contributed by atoms with Crippen LogP contribution in [0.4, 0.5) is 0 Å². The van der Waals surface area contributed by atoms with Crippen LogP contribution in [0.3, 0.4) is 0 Å². The fraction of sp³-hybridized carbons (Fsp3) is 0.286. The van der Waals surface area contributed by atoms with Gasteiger partial charge in [-0.15, -0.1) is 5.10 Å². The Bertz CT molecular complexity index is 917. The number of ether oxygens (including phenoxy) is 1. The van der Waals surface area contributed by atoms with Crippen LogP contribution in [-0.4, -0.2) is 39.2 Å². The maximum Gasteiger partial charge on any atom is 0.241 e. The van der Waals surface area contributed by atoms with E-state index >= 15 is 0 Å². The Labute approximate surface area is 164 Å². The minimum atomic E-state index is -0.937. The van der Waals surface area contributed by atoms with E-state index in [4.69, 9.17) is 4.74 Å². The van der Waals surface area contributed by atoms with Gasteiger partial charge in [-0.05, 0) is 37.6 Å². The molecule has 28 heavy (non-hydrogen) atoms. The summed E-state index contributed by atoms with van der Waals surface area (Å²) < 4.78 is 7.02. The van der Waals surface area contributed by atoms with Crippen molar-refractivity contribution in [1.82, 2.24) is 20.3 Å². The van der Waals surface area contributed by atoms with Gasteiger partial charge in [-0.2, -0.15) is 0 Å². The summed E-state index contributed by atoms with van der Waals surface area (Å²) in [4.78, 5) is 12.1. The third-order valence-electron chi connectivity index (χ3n) is 4.15. The third-order valence-corrected chi connectivity index (χ3v) is 4.15. The molecule has 7 heteroatoms. The average molecular weight is 380 g/mol. The van der Waals surface area contributed by atoms with Crippen molar-refractivity contribution in [2.75, 3.05) is 13.2 Å². The Morgan fingerprint density at radius 1 is 1.18 bits per heavy atom. The van der Waals surface area contributed by atoms with Crippen molar-refractivity contribution in [3.05, 3.63) is 66.4 Å². The van der Waals surface area contributed by atoms with Gasteiger partial charge < -0.3 is 15.2 Å². The van der Waals surface area contributed by atoms with Crippen LogP contribution in [-0.2, 0) is 16.9 Å². The highest BCUT2D eigenvalue weighted by Crippen LogP contribution is 2.24. The van der Waals surface area contributed by atoms with Gasteiger partial charge >= 0.3 is 0 Å². The Morgan fingerprint density at radius 2 is 1.96 bits per heavy atom. The normalized spacial score (nSPS) is 11.2. The number of aliphatic hydroxyl groups is 1. The standard InChI is InChI=1S/C21H24N4O3/c1-21(2,27)17-8-6-7-16(13-17)19-14-25(24-23-19)15-20(26)22-11-12-28-18-9-4-3-5-10-18/h3-10,13-14,27H,11-12,15H2,1-2H3,(H,22,26).